The number of aromatic nitrogens is 2. The summed E-state index contributed by atoms with van der Waals surface area (Å²) >= 11 is 0. The molecule has 1 aliphatic rings. The molecule has 19 heavy (non-hydrogen) atoms. The average Bonchev–Trinajstić information content (AvgIpc) is 2.97. The van der Waals surface area contributed by atoms with Gasteiger partial charge in [0.25, 0.3) is 0 Å². The van der Waals surface area contributed by atoms with E-state index in [9.17, 15) is 0 Å². The lowest BCUT2D eigenvalue weighted by Gasteiger charge is -2.19. The molecule has 3 rings (SSSR count). The molecule has 0 amide bonds. The lowest BCUT2D eigenvalue weighted by Crippen LogP contribution is -2.17. The van der Waals surface area contributed by atoms with Crippen LogP contribution in [0.25, 0.3) is 5.82 Å². The first-order valence-electron chi connectivity index (χ1n) is 6.98. The van der Waals surface area contributed by atoms with Gasteiger partial charge in [-0.15, -0.1) is 0 Å². The minimum Gasteiger partial charge on any atom is -0.303 e. The van der Waals surface area contributed by atoms with Crippen molar-refractivity contribution >= 4 is 0 Å². The summed E-state index contributed by atoms with van der Waals surface area (Å²) in [4.78, 5) is 7.08. The quantitative estimate of drug-likeness (QED) is 0.821. The molecule has 3 heterocycles. The Hall–Kier alpha value is -1.61. The lowest BCUT2D eigenvalue weighted by molar-refractivity contribution is 0.317. The van der Waals surface area contributed by atoms with E-state index in [1.54, 1.807) is 0 Å². The number of aryl methyl sites for hydroxylation is 2. The van der Waals surface area contributed by atoms with Crippen LogP contribution in [-0.4, -0.2) is 28.0 Å². The fourth-order valence-corrected chi connectivity index (χ4v) is 3.09. The van der Waals surface area contributed by atoms with Gasteiger partial charge in [0.1, 0.15) is 5.82 Å². The highest BCUT2D eigenvalue weighted by atomic mass is 15.1. The van der Waals surface area contributed by atoms with Crippen molar-refractivity contribution in [3.05, 3.63) is 47.4 Å². The van der Waals surface area contributed by atoms with Crippen LogP contribution in [0, 0.1) is 13.8 Å². The van der Waals surface area contributed by atoms with Gasteiger partial charge in [0.05, 0.1) is 0 Å². The Labute approximate surface area is 114 Å². The van der Waals surface area contributed by atoms with Crippen LogP contribution in [0.5, 0.6) is 0 Å². The molecule has 3 heteroatoms. The van der Waals surface area contributed by atoms with Gasteiger partial charge < -0.3 is 4.57 Å². The zero-order valence-electron chi connectivity index (χ0n) is 11.9. The second kappa shape index (κ2) is 4.82. The van der Waals surface area contributed by atoms with Gasteiger partial charge in [-0.05, 0) is 64.0 Å². The molecule has 0 aromatic carbocycles. The van der Waals surface area contributed by atoms with Gasteiger partial charge in [0.15, 0.2) is 0 Å². The molecule has 1 fully saturated rings. The van der Waals surface area contributed by atoms with E-state index in [1.165, 1.54) is 36.3 Å². The monoisotopic (exact) mass is 255 g/mol. The van der Waals surface area contributed by atoms with Crippen LogP contribution in [0.15, 0.2) is 30.5 Å². The number of likely N-dealkylation sites (tertiary alicyclic amines) is 1. The van der Waals surface area contributed by atoms with Crippen molar-refractivity contribution in [2.75, 3.05) is 13.6 Å². The molecule has 1 unspecified atom stereocenters. The highest BCUT2D eigenvalue weighted by Crippen LogP contribution is 2.30. The van der Waals surface area contributed by atoms with Crippen molar-refractivity contribution in [3.63, 3.8) is 0 Å². The second-order valence-electron chi connectivity index (χ2n) is 5.54. The van der Waals surface area contributed by atoms with Gasteiger partial charge in [0, 0.05) is 23.6 Å². The summed E-state index contributed by atoms with van der Waals surface area (Å²) in [5.41, 5.74) is 3.80. The van der Waals surface area contributed by atoms with E-state index in [4.69, 9.17) is 0 Å². The number of hydrogen-bond acceptors (Lipinski definition) is 2. The molecule has 2 aromatic rings. The smallest absolute Gasteiger partial charge is 0.136 e. The number of pyridine rings is 1. The van der Waals surface area contributed by atoms with Crippen molar-refractivity contribution in [1.29, 1.82) is 0 Å². The van der Waals surface area contributed by atoms with Crippen molar-refractivity contribution < 1.29 is 0 Å². The summed E-state index contributed by atoms with van der Waals surface area (Å²) < 4.78 is 2.20. The molecular weight excluding hydrogens is 234 g/mol. The summed E-state index contributed by atoms with van der Waals surface area (Å²) in [7, 11) is 2.20. The van der Waals surface area contributed by atoms with Crippen molar-refractivity contribution in [3.8, 4) is 5.82 Å². The molecular formula is C16H21N3. The Kier molecular flexibility index (Phi) is 3.15. The molecule has 0 bridgehead atoms. The molecule has 0 spiro atoms. The molecule has 1 saturated heterocycles. The van der Waals surface area contributed by atoms with Crippen molar-refractivity contribution in [2.24, 2.45) is 0 Å². The van der Waals surface area contributed by atoms with Crippen LogP contribution in [0.3, 0.4) is 0 Å². The van der Waals surface area contributed by atoms with Gasteiger partial charge in [-0.2, -0.15) is 0 Å². The predicted octanol–water partition coefficient (Wildman–Crippen LogP) is 3.26. The maximum Gasteiger partial charge on any atom is 0.136 e. The Morgan fingerprint density at radius 2 is 1.84 bits per heavy atom. The van der Waals surface area contributed by atoms with E-state index >= 15 is 0 Å². The third kappa shape index (κ3) is 2.19. The maximum absolute atomic E-state index is 4.66. The third-order valence-corrected chi connectivity index (χ3v) is 4.18. The summed E-state index contributed by atoms with van der Waals surface area (Å²) in [5, 5.41) is 0. The fourth-order valence-electron chi connectivity index (χ4n) is 3.09. The van der Waals surface area contributed by atoms with E-state index in [2.05, 4.69) is 59.6 Å². The molecule has 0 aliphatic carbocycles. The SMILES string of the molecule is Cc1ccc(C)n1-c1ccc(C2CCCN2C)cn1. The highest BCUT2D eigenvalue weighted by molar-refractivity contribution is 5.33. The minimum atomic E-state index is 0.549. The summed E-state index contributed by atoms with van der Waals surface area (Å²) in [6, 6.07) is 9.19. The minimum absolute atomic E-state index is 0.549. The first kappa shape index (κ1) is 12.4. The van der Waals surface area contributed by atoms with Crippen molar-refractivity contribution in [2.45, 2.75) is 32.7 Å². The van der Waals surface area contributed by atoms with Gasteiger partial charge in [0.2, 0.25) is 0 Å². The highest BCUT2D eigenvalue weighted by Gasteiger charge is 2.22. The zero-order chi connectivity index (χ0) is 13.4. The molecule has 0 radical (unpaired) electrons. The van der Waals surface area contributed by atoms with E-state index < -0.39 is 0 Å². The van der Waals surface area contributed by atoms with E-state index in [1.807, 2.05) is 6.20 Å². The topological polar surface area (TPSA) is 21.1 Å². The van der Waals surface area contributed by atoms with Crippen LogP contribution < -0.4 is 0 Å². The number of rotatable bonds is 2. The normalized spacial score (nSPS) is 20.1. The van der Waals surface area contributed by atoms with E-state index in [0.717, 1.165) is 5.82 Å². The first-order chi connectivity index (χ1) is 9.16. The second-order valence-corrected chi connectivity index (χ2v) is 5.54. The predicted molar refractivity (Wildman–Crippen MR) is 77.6 cm³/mol. The molecule has 1 aliphatic heterocycles. The van der Waals surface area contributed by atoms with Crippen LogP contribution in [-0.2, 0) is 0 Å². The van der Waals surface area contributed by atoms with Crippen LogP contribution in [0.2, 0.25) is 0 Å². The van der Waals surface area contributed by atoms with Gasteiger partial charge in [-0.25, -0.2) is 4.98 Å². The number of hydrogen-bond donors (Lipinski definition) is 0. The molecule has 1 atom stereocenters. The Morgan fingerprint density at radius 1 is 1.11 bits per heavy atom. The summed E-state index contributed by atoms with van der Waals surface area (Å²) in [6.45, 7) is 5.43. The van der Waals surface area contributed by atoms with Gasteiger partial charge >= 0.3 is 0 Å². The Balaban J connectivity index is 1.91. The van der Waals surface area contributed by atoms with Gasteiger partial charge in [-0.3, -0.25) is 4.90 Å². The molecule has 3 nitrogen and oxygen atoms in total. The molecule has 2 aromatic heterocycles. The third-order valence-electron chi connectivity index (χ3n) is 4.18. The standard InChI is InChI=1S/C16H21N3/c1-12-6-7-13(2)19(12)16-9-8-14(11-17-16)15-5-4-10-18(15)3/h6-9,11,15H,4-5,10H2,1-3H3. The fraction of sp³-hybridized carbons (Fsp3) is 0.438. The molecule has 100 valence electrons. The maximum atomic E-state index is 4.66. The molecule has 0 saturated carbocycles. The van der Waals surface area contributed by atoms with E-state index in [-0.39, 0.29) is 0 Å². The lowest BCUT2D eigenvalue weighted by atomic mass is 10.1. The Morgan fingerprint density at radius 3 is 2.37 bits per heavy atom. The van der Waals surface area contributed by atoms with Crippen LogP contribution in [0.1, 0.15) is 35.8 Å². The van der Waals surface area contributed by atoms with E-state index in [0.29, 0.717) is 6.04 Å². The number of nitrogens with zero attached hydrogens (tertiary/aromatic N) is 3. The Bertz CT molecular complexity index is 549. The van der Waals surface area contributed by atoms with Crippen molar-refractivity contribution in [1.82, 2.24) is 14.5 Å². The largest absolute Gasteiger partial charge is 0.303 e. The summed E-state index contributed by atoms with van der Waals surface area (Å²) in [6.07, 6.45) is 4.58. The zero-order valence-corrected chi connectivity index (χ0v) is 11.9. The summed E-state index contributed by atoms with van der Waals surface area (Å²) in [5.74, 6) is 1.02. The first-order valence-corrected chi connectivity index (χ1v) is 6.98. The molecule has 0 N–H and O–H groups in total. The van der Waals surface area contributed by atoms with Gasteiger partial charge in [-0.1, -0.05) is 6.07 Å². The van der Waals surface area contributed by atoms with Crippen LogP contribution in [0.4, 0.5) is 0 Å². The van der Waals surface area contributed by atoms with Crippen LogP contribution >= 0.6 is 0 Å². The average molecular weight is 255 g/mol.